The van der Waals surface area contributed by atoms with Crippen LogP contribution in [0.3, 0.4) is 0 Å². The van der Waals surface area contributed by atoms with Crippen LogP contribution < -0.4 is 11.1 Å². The summed E-state index contributed by atoms with van der Waals surface area (Å²) < 4.78 is 1.37. The number of aromatic amines is 1. The lowest BCUT2D eigenvalue weighted by Crippen LogP contribution is -2.33. The highest BCUT2D eigenvalue weighted by atomic mass is 35.5. The first kappa shape index (κ1) is 14.7. The molecular formula is C11H12ClN5O2S. The van der Waals surface area contributed by atoms with Crippen LogP contribution in [0.15, 0.2) is 19.8 Å². The molecule has 0 saturated heterocycles. The van der Waals surface area contributed by atoms with E-state index >= 15 is 0 Å². The Morgan fingerprint density at radius 1 is 1.30 bits per heavy atom. The minimum absolute atomic E-state index is 0.328. The van der Waals surface area contributed by atoms with E-state index in [1.54, 1.807) is 14.0 Å². The van der Waals surface area contributed by atoms with Crippen molar-refractivity contribution in [3.63, 3.8) is 0 Å². The topological polar surface area (TPSA) is 93.5 Å². The number of H-pyrrole nitrogens is 1. The molecule has 0 aliphatic heterocycles. The molecule has 0 unspecified atom stereocenters. The summed E-state index contributed by atoms with van der Waals surface area (Å²) in [5.74, 6) is 0.609. The second kappa shape index (κ2) is 5.76. The van der Waals surface area contributed by atoms with Gasteiger partial charge in [0.15, 0.2) is 5.16 Å². The minimum atomic E-state index is -0.834. The van der Waals surface area contributed by atoms with E-state index in [1.807, 2.05) is 6.92 Å². The number of hydrogen-bond donors (Lipinski definition) is 1. The van der Waals surface area contributed by atoms with Crippen LogP contribution in [0.25, 0.3) is 0 Å². The molecule has 1 N–H and O–H groups in total. The maximum atomic E-state index is 11.3. The fourth-order valence-corrected chi connectivity index (χ4v) is 2.54. The van der Waals surface area contributed by atoms with E-state index in [1.165, 1.54) is 4.68 Å². The molecule has 0 aromatic carbocycles. The van der Waals surface area contributed by atoms with Crippen LogP contribution in [0.1, 0.15) is 18.3 Å². The first-order chi connectivity index (χ1) is 9.42. The molecule has 0 aliphatic rings. The molecule has 0 radical (unpaired) electrons. The molecule has 2 aromatic heterocycles. The number of nitrogens with one attached hydrogen (secondary N) is 1. The van der Waals surface area contributed by atoms with Gasteiger partial charge < -0.3 is 0 Å². The molecule has 7 nitrogen and oxygen atoms in total. The Labute approximate surface area is 123 Å². The van der Waals surface area contributed by atoms with Crippen LogP contribution in [0.2, 0.25) is 5.15 Å². The quantitative estimate of drug-likeness (QED) is 0.669. The van der Waals surface area contributed by atoms with Crippen molar-refractivity contribution in [2.24, 2.45) is 7.05 Å². The van der Waals surface area contributed by atoms with Crippen molar-refractivity contribution < 1.29 is 0 Å². The van der Waals surface area contributed by atoms with Gasteiger partial charge in [-0.3, -0.25) is 19.4 Å². The third-order valence-electron chi connectivity index (χ3n) is 2.54. The molecule has 20 heavy (non-hydrogen) atoms. The summed E-state index contributed by atoms with van der Waals surface area (Å²) in [5.41, 5.74) is -0.892. The highest BCUT2D eigenvalue weighted by molar-refractivity contribution is 7.99. The van der Waals surface area contributed by atoms with Crippen molar-refractivity contribution in [3.05, 3.63) is 37.2 Å². The first-order valence-electron chi connectivity index (χ1n) is 5.80. The predicted molar refractivity (Wildman–Crippen MR) is 75.4 cm³/mol. The number of hydrogen-bond acceptors (Lipinski definition) is 6. The van der Waals surface area contributed by atoms with E-state index in [9.17, 15) is 9.59 Å². The lowest BCUT2D eigenvalue weighted by atomic mass is 10.3. The zero-order valence-corrected chi connectivity index (χ0v) is 12.7. The number of aryl methyl sites for hydroxylation is 2. The molecular weight excluding hydrogens is 302 g/mol. The Balaban J connectivity index is 2.50. The Hall–Kier alpha value is -1.67. The van der Waals surface area contributed by atoms with Crippen molar-refractivity contribution in [2.75, 3.05) is 0 Å². The van der Waals surface area contributed by atoms with Crippen LogP contribution >= 0.6 is 23.4 Å². The van der Waals surface area contributed by atoms with Gasteiger partial charge in [0.1, 0.15) is 16.0 Å². The number of nitrogens with zero attached hydrogens (tertiary/aromatic N) is 4. The second-order valence-corrected chi connectivity index (χ2v) is 5.33. The Morgan fingerprint density at radius 3 is 2.65 bits per heavy atom. The third-order valence-corrected chi connectivity index (χ3v) is 4.05. The Morgan fingerprint density at radius 2 is 2.00 bits per heavy atom. The summed E-state index contributed by atoms with van der Waals surface area (Å²) in [6.07, 6.45) is 0.644. The van der Waals surface area contributed by atoms with Gasteiger partial charge in [0.25, 0.3) is 0 Å². The summed E-state index contributed by atoms with van der Waals surface area (Å²) in [4.78, 5) is 34.7. The van der Waals surface area contributed by atoms with Gasteiger partial charge >= 0.3 is 11.1 Å². The third kappa shape index (κ3) is 2.91. The van der Waals surface area contributed by atoms with Gasteiger partial charge in [0.05, 0.1) is 0 Å². The standard InChI is InChI=1S/C11H12ClN5O2S/c1-4-6-13-7(12)5(2)10(14-6)20-11-15-8(18)9(19)16-17(11)3/h4H2,1-3H3,(H,16,19). The fraction of sp³-hybridized carbons (Fsp3) is 0.364. The SMILES string of the molecule is CCc1nc(Cl)c(C)c(Sc2nc(=O)c(=O)[nH]n2C)n1. The van der Waals surface area contributed by atoms with Crippen LogP contribution in [-0.2, 0) is 13.5 Å². The highest BCUT2D eigenvalue weighted by Gasteiger charge is 2.13. The van der Waals surface area contributed by atoms with Gasteiger partial charge in [0.2, 0.25) is 0 Å². The Bertz CT molecular complexity index is 770. The van der Waals surface area contributed by atoms with Gasteiger partial charge in [-0.2, -0.15) is 4.98 Å². The van der Waals surface area contributed by atoms with Crippen molar-refractivity contribution in [2.45, 2.75) is 30.5 Å². The fourth-order valence-electron chi connectivity index (χ4n) is 1.41. The molecule has 0 amide bonds. The summed E-state index contributed by atoms with van der Waals surface area (Å²) in [6, 6.07) is 0. The average Bonchev–Trinajstić information content (AvgIpc) is 2.40. The zero-order chi connectivity index (χ0) is 14.9. The second-order valence-electron chi connectivity index (χ2n) is 4.02. The normalized spacial score (nSPS) is 10.8. The summed E-state index contributed by atoms with van der Waals surface area (Å²) in [5, 5.41) is 3.68. The maximum absolute atomic E-state index is 11.3. The molecule has 0 atom stereocenters. The van der Waals surface area contributed by atoms with Crippen LogP contribution in [0.5, 0.6) is 0 Å². The maximum Gasteiger partial charge on any atom is 0.339 e. The van der Waals surface area contributed by atoms with Gasteiger partial charge in [0, 0.05) is 19.0 Å². The van der Waals surface area contributed by atoms with Crippen molar-refractivity contribution >= 4 is 23.4 Å². The van der Waals surface area contributed by atoms with E-state index in [4.69, 9.17) is 11.6 Å². The number of aromatic nitrogens is 5. The van der Waals surface area contributed by atoms with Gasteiger partial charge in [-0.1, -0.05) is 18.5 Å². The molecule has 2 aromatic rings. The van der Waals surface area contributed by atoms with Gasteiger partial charge in [-0.15, -0.1) is 0 Å². The monoisotopic (exact) mass is 313 g/mol. The van der Waals surface area contributed by atoms with E-state index in [-0.39, 0.29) is 0 Å². The molecule has 9 heteroatoms. The molecule has 0 bridgehead atoms. The van der Waals surface area contributed by atoms with E-state index in [0.717, 1.165) is 11.8 Å². The van der Waals surface area contributed by atoms with Crippen molar-refractivity contribution in [1.82, 2.24) is 24.7 Å². The minimum Gasteiger partial charge on any atom is -0.265 e. The number of rotatable bonds is 3. The number of halogens is 1. The van der Waals surface area contributed by atoms with Gasteiger partial charge in [-0.05, 0) is 18.7 Å². The van der Waals surface area contributed by atoms with Crippen LogP contribution in [-0.4, -0.2) is 24.7 Å². The summed E-state index contributed by atoms with van der Waals surface area (Å²) in [7, 11) is 1.59. The molecule has 106 valence electrons. The lowest BCUT2D eigenvalue weighted by molar-refractivity contribution is 0.596. The lowest BCUT2D eigenvalue weighted by Gasteiger charge is -2.09. The average molecular weight is 314 g/mol. The molecule has 0 fully saturated rings. The highest BCUT2D eigenvalue weighted by Crippen LogP contribution is 2.28. The van der Waals surface area contributed by atoms with Crippen molar-refractivity contribution in [3.8, 4) is 0 Å². The zero-order valence-electron chi connectivity index (χ0n) is 11.1. The van der Waals surface area contributed by atoms with E-state index < -0.39 is 11.1 Å². The van der Waals surface area contributed by atoms with Crippen LogP contribution in [0, 0.1) is 6.92 Å². The molecule has 0 saturated carbocycles. The molecule has 0 aliphatic carbocycles. The van der Waals surface area contributed by atoms with Crippen LogP contribution in [0.4, 0.5) is 0 Å². The molecule has 2 heterocycles. The molecule has 0 spiro atoms. The smallest absolute Gasteiger partial charge is 0.265 e. The molecule has 2 rings (SSSR count). The van der Waals surface area contributed by atoms with Crippen molar-refractivity contribution in [1.29, 1.82) is 0 Å². The van der Waals surface area contributed by atoms with Gasteiger partial charge in [-0.25, -0.2) is 9.97 Å². The largest absolute Gasteiger partial charge is 0.339 e. The predicted octanol–water partition coefficient (Wildman–Crippen LogP) is 0.934. The summed E-state index contributed by atoms with van der Waals surface area (Å²) in [6.45, 7) is 3.71. The van der Waals surface area contributed by atoms with E-state index in [0.29, 0.717) is 33.1 Å². The summed E-state index contributed by atoms with van der Waals surface area (Å²) >= 11 is 7.20. The van der Waals surface area contributed by atoms with E-state index in [2.05, 4.69) is 20.1 Å². The Kier molecular flexibility index (Phi) is 4.24. The first-order valence-corrected chi connectivity index (χ1v) is 7.00.